The highest BCUT2D eigenvalue weighted by atomic mass is 16.6. The number of hydrogen-bond donors (Lipinski definition) is 0. The molecule has 0 amide bonds. The Bertz CT molecular complexity index is 1780. The minimum Gasteiger partial charge on any atom is -0.462 e. The largest absolute Gasteiger partial charge is 0.462 e. The fraction of sp³-hybridized carbons (Fsp3) is 0.645. The number of unbranched alkanes of at least 4 members (excludes halogenated alkanes) is 25. The van der Waals surface area contributed by atoms with Crippen molar-refractivity contribution >= 4 is 17.9 Å². The van der Waals surface area contributed by atoms with Crippen LogP contribution in [0.25, 0.3) is 0 Å². The number of ether oxygens (including phenoxy) is 3. The standard InChI is InChI=1S/C76H124O6/c1-4-7-10-13-16-19-22-25-28-30-31-32-33-34-35-36-37-38-39-40-41-42-43-44-45-47-48-51-54-57-60-63-66-69-75(78)81-72-73(71-80-74(77)68-65-62-59-56-53-50-27-24-21-18-15-12-9-6-3)82-76(79)70-67-64-61-58-55-52-49-46-29-26-23-20-17-14-11-8-5-2/h7-8,10-11,15-20,24-29,31-32,34-35,37-38,49,52,73H,4-6,9,12-14,21-23,30,33,36,39-48,50-51,53-72H2,1-3H3/b10-7-,11-8-,18-15-,19-16-,20-17-,27-24-,28-25-,29-26-,32-31-,35-34-,38-37-,52-49-. The van der Waals surface area contributed by atoms with E-state index in [1.807, 2.05) is 0 Å². The van der Waals surface area contributed by atoms with Crippen molar-refractivity contribution in [1.82, 2.24) is 0 Å². The molecule has 1 atom stereocenters. The van der Waals surface area contributed by atoms with Crippen LogP contribution in [0.5, 0.6) is 0 Å². The Labute approximate surface area is 506 Å². The van der Waals surface area contributed by atoms with Gasteiger partial charge in [-0.1, -0.05) is 289 Å². The monoisotopic (exact) mass is 1130 g/mol. The summed E-state index contributed by atoms with van der Waals surface area (Å²) in [7, 11) is 0. The lowest BCUT2D eigenvalue weighted by atomic mass is 10.0. The third-order valence-electron chi connectivity index (χ3n) is 14.1. The molecule has 1 unspecified atom stereocenters. The highest BCUT2D eigenvalue weighted by Gasteiger charge is 2.19. The molecule has 0 aliphatic heterocycles. The average Bonchev–Trinajstić information content (AvgIpc) is 3.47. The molecule has 0 aromatic rings. The van der Waals surface area contributed by atoms with Gasteiger partial charge in [0.05, 0.1) is 0 Å². The molecule has 0 saturated carbocycles. The van der Waals surface area contributed by atoms with E-state index in [4.69, 9.17) is 14.2 Å². The van der Waals surface area contributed by atoms with E-state index in [2.05, 4.69) is 167 Å². The van der Waals surface area contributed by atoms with Gasteiger partial charge in [-0.05, 0) is 135 Å². The Morgan fingerprint density at radius 2 is 0.476 bits per heavy atom. The van der Waals surface area contributed by atoms with Crippen molar-refractivity contribution in [3.05, 3.63) is 146 Å². The van der Waals surface area contributed by atoms with E-state index in [9.17, 15) is 14.4 Å². The zero-order valence-corrected chi connectivity index (χ0v) is 53.2. The van der Waals surface area contributed by atoms with Crippen molar-refractivity contribution < 1.29 is 28.6 Å². The first-order valence-corrected chi connectivity index (χ1v) is 33.8. The average molecular weight is 1130 g/mol. The Kier molecular flexibility index (Phi) is 64.8. The molecular weight excluding hydrogens is 1010 g/mol. The van der Waals surface area contributed by atoms with Crippen LogP contribution in [-0.4, -0.2) is 37.2 Å². The molecule has 0 aromatic carbocycles. The van der Waals surface area contributed by atoms with E-state index in [1.165, 1.54) is 96.3 Å². The van der Waals surface area contributed by atoms with Crippen LogP contribution >= 0.6 is 0 Å². The molecule has 0 fully saturated rings. The van der Waals surface area contributed by atoms with E-state index in [1.54, 1.807) is 0 Å². The highest BCUT2D eigenvalue weighted by molar-refractivity contribution is 5.71. The zero-order chi connectivity index (χ0) is 59.2. The van der Waals surface area contributed by atoms with Crippen LogP contribution in [-0.2, 0) is 28.6 Å². The highest BCUT2D eigenvalue weighted by Crippen LogP contribution is 2.16. The van der Waals surface area contributed by atoms with Crippen LogP contribution in [0, 0.1) is 0 Å². The second-order valence-electron chi connectivity index (χ2n) is 22.0. The van der Waals surface area contributed by atoms with Crippen LogP contribution in [0.3, 0.4) is 0 Å². The summed E-state index contributed by atoms with van der Waals surface area (Å²) < 4.78 is 16.9. The summed E-state index contributed by atoms with van der Waals surface area (Å²) in [4.78, 5) is 38.3. The molecular formula is C76H124O6. The van der Waals surface area contributed by atoms with E-state index in [0.29, 0.717) is 19.3 Å². The van der Waals surface area contributed by atoms with Gasteiger partial charge < -0.3 is 14.2 Å². The van der Waals surface area contributed by atoms with Gasteiger partial charge in [0.1, 0.15) is 13.2 Å². The van der Waals surface area contributed by atoms with Crippen LogP contribution < -0.4 is 0 Å². The Balaban J connectivity index is 4.27. The van der Waals surface area contributed by atoms with Crippen LogP contribution in [0.15, 0.2) is 146 Å². The second-order valence-corrected chi connectivity index (χ2v) is 22.0. The summed E-state index contributed by atoms with van der Waals surface area (Å²) in [6.45, 7) is 6.35. The molecule has 464 valence electrons. The maximum absolute atomic E-state index is 12.9. The molecule has 0 heterocycles. The first-order chi connectivity index (χ1) is 40.5. The molecule has 0 rings (SSSR count). The third-order valence-corrected chi connectivity index (χ3v) is 14.1. The van der Waals surface area contributed by atoms with Gasteiger partial charge in [0.25, 0.3) is 0 Å². The first kappa shape index (κ1) is 77.3. The van der Waals surface area contributed by atoms with Gasteiger partial charge in [-0.3, -0.25) is 14.4 Å². The van der Waals surface area contributed by atoms with Crippen molar-refractivity contribution in [2.45, 2.75) is 303 Å². The Morgan fingerprint density at radius 1 is 0.256 bits per heavy atom. The number of carbonyl (C=O) groups excluding carboxylic acids is 3. The molecule has 82 heavy (non-hydrogen) atoms. The Hall–Kier alpha value is -4.71. The van der Waals surface area contributed by atoms with E-state index in [0.717, 1.165) is 161 Å². The fourth-order valence-electron chi connectivity index (χ4n) is 9.04. The topological polar surface area (TPSA) is 78.9 Å². The minimum absolute atomic E-state index is 0.0959. The summed E-state index contributed by atoms with van der Waals surface area (Å²) in [5, 5.41) is 0. The molecule has 0 aliphatic rings. The van der Waals surface area contributed by atoms with E-state index in [-0.39, 0.29) is 31.1 Å². The summed E-state index contributed by atoms with van der Waals surface area (Å²) in [5.74, 6) is -0.932. The van der Waals surface area contributed by atoms with Gasteiger partial charge in [0.15, 0.2) is 6.10 Å². The molecule has 0 saturated heterocycles. The van der Waals surface area contributed by atoms with Crippen LogP contribution in [0.4, 0.5) is 0 Å². The smallest absolute Gasteiger partial charge is 0.306 e. The lowest BCUT2D eigenvalue weighted by Gasteiger charge is -2.18. The molecule has 0 radical (unpaired) electrons. The lowest BCUT2D eigenvalue weighted by molar-refractivity contribution is -0.167. The molecule has 6 heteroatoms. The minimum atomic E-state index is -0.803. The van der Waals surface area contributed by atoms with Crippen molar-refractivity contribution in [1.29, 1.82) is 0 Å². The SMILES string of the molecule is CC/C=C\C/C=C\C/C=C\C/C=C\C/C=C\C/C=C\CCCCCCCCCCCCCCCCC(=O)OCC(COC(=O)CCCCCCC/C=C\C/C=C\CCCC)OC(=O)CCCCCC/C=C\C/C=C\C/C=C\C/C=C\CC. The summed E-state index contributed by atoms with van der Waals surface area (Å²) in [6.07, 6.45) is 98.7. The van der Waals surface area contributed by atoms with Crippen LogP contribution in [0.1, 0.15) is 297 Å². The molecule has 0 aliphatic carbocycles. The molecule has 0 bridgehead atoms. The maximum atomic E-state index is 12.9. The maximum Gasteiger partial charge on any atom is 0.306 e. The van der Waals surface area contributed by atoms with Gasteiger partial charge in [0.2, 0.25) is 0 Å². The van der Waals surface area contributed by atoms with Crippen molar-refractivity contribution in [3.63, 3.8) is 0 Å². The van der Waals surface area contributed by atoms with Gasteiger partial charge in [-0.2, -0.15) is 0 Å². The third kappa shape index (κ3) is 66.1. The van der Waals surface area contributed by atoms with Gasteiger partial charge in [-0.25, -0.2) is 0 Å². The number of hydrogen-bond acceptors (Lipinski definition) is 6. The van der Waals surface area contributed by atoms with Crippen LogP contribution in [0.2, 0.25) is 0 Å². The number of carbonyl (C=O) groups is 3. The number of rotatable bonds is 60. The number of allylic oxidation sites excluding steroid dienone is 24. The lowest BCUT2D eigenvalue weighted by Crippen LogP contribution is -2.30. The molecule has 0 aromatic heterocycles. The summed E-state index contributed by atoms with van der Waals surface area (Å²) in [5.41, 5.74) is 0. The van der Waals surface area contributed by atoms with Gasteiger partial charge in [0, 0.05) is 19.3 Å². The second kappa shape index (κ2) is 68.8. The normalized spacial score (nSPS) is 13.1. The summed E-state index contributed by atoms with van der Waals surface area (Å²) in [6, 6.07) is 0. The summed E-state index contributed by atoms with van der Waals surface area (Å²) >= 11 is 0. The quantitative estimate of drug-likeness (QED) is 0.0261. The van der Waals surface area contributed by atoms with E-state index >= 15 is 0 Å². The zero-order valence-electron chi connectivity index (χ0n) is 53.2. The van der Waals surface area contributed by atoms with Crippen molar-refractivity contribution in [3.8, 4) is 0 Å². The van der Waals surface area contributed by atoms with E-state index < -0.39 is 6.10 Å². The predicted octanol–water partition coefficient (Wildman–Crippen LogP) is 23.5. The van der Waals surface area contributed by atoms with Crippen molar-refractivity contribution in [2.24, 2.45) is 0 Å². The molecule has 0 spiro atoms. The first-order valence-electron chi connectivity index (χ1n) is 33.8. The van der Waals surface area contributed by atoms with Gasteiger partial charge in [-0.15, -0.1) is 0 Å². The predicted molar refractivity (Wildman–Crippen MR) is 357 cm³/mol. The number of esters is 3. The fourth-order valence-corrected chi connectivity index (χ4v) is 9.04. The molecule has 6 nitrogen and oxygen atoms in total. The van der Waals surface area contributed by atoms with Crippen molar-refractivity contribution in [2.75, 3.05) is 13.2 Å². The van der Waals surface area contributed by atoms with Gasteiger partial charge >= 0.3 is 17.9 Å². The Morgan fingerprint density at radius 3 is 0.744 bits per heavy atom. The molecule has 0 N–H and O–H groups in total.